The molecular weight excluding hydrogens is 356 g/mol. The van der Waals surface area contributed by atoms with Crippen molar-refractivity contribution in [3.05, 3.63) is 59.9 Å². The molecule has 1 aliphatic rings. The number of carbonyl (C=O) groups excluding carboxylic acids is 2. The van der Waals surface area contributed by atoms with Gasteiger partial charge in [0.15, 0.2) is 6.61 Å². The fraction of sp³-hybridized carbons (Fsp3) is 0.333. The average Bonchev–Trinajstić information content (AvgIpc) is 3.35. The Kier molecular flexibility index (Phi) is 6.22. The second kappa shape index (κ2) is 9.00. The summed E-state index contributed by atoms with van der Waals surface area (Å²) in [4.78, 5) is 23.8. The van der Waals surface area contributed by atoms with Crippen molar-refractivity contribution in [2.75, 3.05) is 6.61 Å². The van der Waals surface area contributed by atoms with Gasteiger partial charge in [0.25, 0.3) is 5.91 Å². The van der Waals surface area contributed by atoms with Crippen LogP contribution in [0, 0.1) is 11.3 Å². The Balaban J connectivity index is 1.45. The molecule has 0 aliphatic heterocycles. The predicted octanol–water partition coefficient (Wildman–Crippen LogP) is 2.44. The zero-order valence-electron chi connectivity index (χ0n) is 15.5. The first kappa shape index (κ1) is 19.4. The van der Waals surface area contributed by atoms with Gasteiger partial charge in [-0.1, -0.05) is 30.3 Å². The van der Waals surface area contributed by atoms with Crippen molar-refractivity contribution < 1.29 is 14.3 Å². The molecule has 0 unspecified atom stereocenters. The molecule has 1 fully saturated rings. The Bertz CT molecular complexity index is 890. The lowest BCUT2D eigenvalue weighted by Crippen LogP contribution is -2.46. The van der Waals surface area contributed by atoms with Crippen LogP contribution < -0.4 is 5.32 Å². The molecule has 0 atom stereocenters. The van der Waals surface area contributed by atoms with E-state index in [0.29, 0.717) is 19.4 Å². The van der Waals surface area contributed by atoms with Gasteiger partial charge in [0.05, 0.1) is 18.8 Å². The van der Waals surface area contributed by atoms with E-state index >= 15 is 0 Å². The van der Waals surface area contributed by atoms with Crippen LogP contribution in [-0.4, -0.2) is 33.8 Å². The molecule has 1 aliphatic carbocycles. The van der Waals surface area contributed by atoms with Crippen molar-refractivity contribution in [1.82, 2.24) is 15.1 Å². The van der Waals surface area contributed by atoms with Crippen LogP contribution in [0.5, 0.6) is 0 Å². The third-order valence-corrected chi connectivity index (χ3v) is 4.65. The lowest BCUT2D eigenvalue weighted by Gasteiger charge is -2.21. The number of rotatable bonds is 7. The molecule has 1 N–H and O–H groups in total. The molecule has 1 aromatic carbocycles. The van der Waals surface area contributed by atoms with Crippen molar-refractivity contribution in [3.63, 3.8) is 0 Å². The van der Waals surface area contributed by atoms with Crippen molar-refractivity contribution in [3.8, 4) is 6.07 Å². The Morgan fingerprint density at radius 2 is 2.04 bits per heavy atom. The van der Waals surface area contributed by atoms with E-state index in [1.807, 2.05) is 36.5 Å². The standard InChI is InChI=1S/C21H22N4O3/c22-16-21(10-4-5-11-21)24-19(26)15-28-20(27)9-8-18-12-23-25(14-18)13-17-6-2-1-3-7-17/h1-3,6-9,12,14H,4-5,10-11,13,15H2,(H,24,26)/b9-8+. The monoisotopic (exact) mass is 378 g/mol. The number of amides is 1. The van der Waals surface area contributed by atoms with Gasteiger partial charge >= 0.3 is 5.97 Å². The van der Waals surface area contributed by atoms with E-state index in [1.165, 1.54) is 6.08 Å². The molecule has 0 bridgehead atoms. The molecule has 2 aromatic rings. The maximum Gasteiger partial charge on any atom is 0.331 e. The van der Waals surface area contributed by atoms with E-state index in [1.54, 1.807) is 17.0 Å². The summed E-state index contributed by atoms with van der Waals surface area (Å²) in [5.74, 6) is -1.08. The van der Waals surface area contributed by atoms with Crippen LogP contribution in [0.15, 0.2) is 48.8 Å². The first-order valence-corrected chi connectivity index (χ1v) is 9.22. The number of aromatic nitrogens is 2. The first-order chi connectivity index (χ1) is 13.6. The van der Waals surface area contributed by atoms with Crippen LogP contribution in [-0.2, 0) is 20.9 Å². The number of ether oxygens (including phenoxy) is 1. The maximum atomic E-state index is 11.9. The Hall–Kier alpha value is -3.40. The topological polar surface area (TPSA) is 97.0 Å². The summed E-state index contributed by atoms with van der Waals surface area (Å²) in [5, 5.41) is 16.2. The van der Waals surface area contributed by atoms with E-state index in [-0.39, 0.29) is 0 Å². The van der Waals surface area contributed by atoms with Gasteiger partial charge in [-0.15, -0.1) is 0 Å². The van der Waals surface area contributed by atoms with Gasteiger partial charge in [-0.05, 0) is 37.3 Å². The molecule has 3 rings (SSSR count). The highest BCUT2D eigenvalue weighted by Gasteiger charge is 2.35. The van der Waals surface area contributed by atoms with Gasteiger partial charge in [-0.25, -0.2) is 4.79 Å². The summed E-state index contributed by atoms with van der Waals surface area (Å²) in [6.45, 7) is 0.236. The van der Waals surface area contributed by atoms with E-state index in [2.05, 4.69) is 16.5 Å². The summed E-state index contributed by atoms with van der Waals surface area (Å²) in [6.07, 6.45) is 9.40. The van der Waals surface area contributed by atoms with Crippen molar-refractivity contribution in [1.29, 1.82) is 5.26 Å². The average molecular weight is 378 g/mol. The van der Waals surface area contributed by atoms with Crippen molar-refractivity contribution in [2.24, 2.45) is 0 Å². The summed E-state index contributed by atoms with van der Waals surface area (Å²) >= 11 is 0. The number of benzene rings is 1. The van der Waals surface area contributed by atoms with Gasteiger partial charge in [-0.2, -0.15) is 10.4 Å². The highest BCUT2D eigenvalue weighted by molar-refractivity contribution is 5.89. The smallest absolute Gasteiger partial charge is 0.331 e. The van der Waals surface area contributed by atoms with Crippen LogP contribution in [0.3, 0.4) is 0 Å². The van der Waals surface area contributed by atoms with E-state index in [9.17, 15) is 14.9 Å². The zero-order valence-corrected chi connectivity index (χ0v) is 15.5. The minimum Gasteiger partial charge on any atom is -0.452 e. The molecule has 28 heavy (non-hydrogen) atoms. The fourth-order valence-corrected chi connectivity index (χ4v) is 3.22. The van der Waals surface area contributed by atoms with E-state index in [4.69, 9.17) is 4.74 Å². The molecule has 1 amide bonds. The molecular formula is C21H22N4O3. The molecule has 0 saturated heterocycles. The third kappa shape index (κ3) is 5.30. The lowest BCUT2D eigenvalue weighted by atomic mass is 10.00. The van der Waals surface area contributed by atoms with Crippen molar-refractivity contribution >= 4 is 18.0 Å². The molecule has 7 nitrogen and oxygen atoms in total. The van der Waals surface area contributed by atoms with Gasteiger partial charge in [-0.3, -0.25) is 9.48 Å². The minimum absolute atomic E-state index is 0.403. The molecule has 144 valence electrons. The molecule has 7 heteroatoms. The number of esters is 1. The summed E-state index contributed by atoms with van der Waals surface area (Å²) < 4.78 is 6.73. The molecule has 1 aromatic heterocycles. The Labute approximate surface area is 163 Å². The van der Waals surface area contributed by atoms with Crippen molar-refractivity contribution in [2.45, 2.75) is 37.8 Å². The largest absolute Gasteiger partial charge is 0.452 e. The molecule has 0 radical (unpaired) electrons. The normalized spacial score (nSPS) is 15.2. The Morgan fingerprint density at radius 3 is 2.75 bits per heavy atom. The van der Waals surface area contributed by atoms with Crippen LogP contribution in [0.25, 0.3) is 6.08 Å². The van der Waals surface area contributed by atoms with Gasteiger partial charge in [0, 0.05) is 17.8 Å². The van der Waals surface area contributed by atoms with Crippen LogP contribution >= 0.6 is 0 Å². The summed E-state index contributed by atoms with van der Waals surface area (Å²) in [7, 11) is 0. The molecule has 1 heterocycles. The number of hydrogen-bond acceptors (Lipinski definition) is 5. The Morgan fingerprint density at radius 1 is 1.29 bits per heavy atom. The van der Waals surface area contributed by atoms with Gasteiger partial charge in [0.2, 0.25) is 0 Å². The minimum atomic E-state index is -0.813. The van der Waals surface area contributed by atoms with E-state index < -0.39 is 24.0 Å². The third-order valence-electron chi connectivity index (χ3n) is 4.65. The van der Waals surface area contributed by atoms with Crippen LogP contribution in [0.2, 0.25) is 0 Å². The maximum absolute atomic E-state index is 11.9. The molecule has 1 saturated carbocycles. The van der Waals surface area contributed by atoms with Gasteiger partial charge < -0.3 is 10.1 Å². The van der Waals surface area contributed by atoms with Crippen LogP contribution in [0.1, 0.15) is 36.8 Å². The SMILES string of the molecule is N#CC1(NC(=O)COC(=O)/C=C/c2cnn(Cc3ccccc3)c2)CCCC1. The number of nitrogens with one attached hydrogen (secondary N) is 1. The number of nitrogens with zero attached hydrogens (tertiary/aromatic N) is 3. The predicted molar refractivity (Wildman–Crippen MR) is 103 cm³/mol. The first-order valence-electron chi connectivity index (χ1n) is 9.22. The second-order valence-electron chi connectivity index (χ2n) is 6.85. The highest BCUT2D eigenvalue weighted by Crippen LogP contribution is 2.28. The quantitative estimate of drug-likeness (QED) is 0.590. The lowest BCUT2D eigenvalue weighted by molar-refractivity contribution is -0.144. The number of carbonyl (C=O) groups is 2. The van der Waals surface area contributed by atoms with Crippen LogP contribution in [0.4, 0.5) is 0 Å². The summed E-state index contributed by atoms with van der Waals surface area (Å²) in [6, 6.07) is 12.1. The van der Waals surface area contributed by atoms with E-state index in [0.717, 1.165) is 24.0 Å². The second-order valence-corrected chi connectivity index (χ2v) is 6.85. The summed E-state index contributed by atoms with van der Waals surface area (Å²) in [5.41, 5.74) is 1.07. The molecule has 0 spiro atoms. The highest BCUT2D eigenvalue weighted by atomic mass is 16.5. The fourth-order valence-electron chi connectivity index (χ4n) is 3.22. The number of nitriles is 1. The zero-order chi connectivity index (χ0) is 19.8. The van der Waals surface area contributed by atoms with Gasteiger partial charge in [0.1, 0.15) is 5.54 Å². The number of hydrogen-bond donors (Lipinski definition) is 1.